The molecule has 0 saturated carbocycles. The number of methoxy groups -OCH3 is 1. The molecule has 5 rings (SSSR count). The first-order chi connectivity index (χ1) is 17.7. The van der Waals surface area contributed by atoms with Crippen molar-refractivity contribution in [2.24, 2.45) is 5.10 Å². The summed E-state index contributed by atoms with van der Waals surface area (Å²) in [5, 5.41) is 13.5. The molecule has 0 aliphatic heterocycles. The highest BCUT2D eigenvalue weighted by Crippen LogP contribution is 2.30. The molecule has 7 heteroatoms. The summed E-state index contributed by atoms with van der Waals surface area (Å²) in [5.74, 6) is 1.04. The van der Waals surface area contributed by atoms with Gasteiger partial charge in [-0.3, -0.25) is 9.89 Å². The number of hydrogen-bond acceptors (Lipinski definition) is 5. The highest BCUT2D eigenvalue weighted by atomic mass is 16.5. The maximum absolute atomic E-state index is 12.6. The zero-order valence-corrected chi connectivity index (χ0v) is 19.6. The van der Waals surface area contributed by atoms with Crippen molar-refractivity contribution in [3.63, 3.8) is 0 Å². The fraction of sp³-hybridized carbons (Fsp3) is 0.0690. The van der Waals surface area contributed by atoms with Crippen molar-refractivity contribution >= 4 is 22.9 Å². The first kappa shape index (κ1) is 22.9. The normalized spacial score (nSPS) is 11.0. The number of benzene rings is 4. The lowest BCUT2D eigenvalue weighted by molar-refractivity contribution is 0.0950. The number of para-hydroxylation sites is 1. The molecule has 0 unspecified atom stereocenters. The maximum Gasteiger partial charge on any atom is 0.289 e. The largest absolute Gasteiger partial charge is 0.497 e. The maximum atomic E-state index is 12.6. The average molecular weight is 477 g/mol. The Kier molecular flexibility index (Phi) is 6.71. The molecule has 178 valence electrons. The van der Waals surface area contributed by atoms with Gasteiger partial charge in [0.25, 0.3) is 5.91 Å². The summed E-state index contributed by atoms with van der Waals surface area (Å²) >= 11 is 0. The summed E-state index contributed by atoms with van der Waals surface area (Å²) in [6, 6.07) is 31.1. The van der Waals surface area contributed by atoms with Gasteiger partial charge in [0.1, 0.15) is 23.8 Å². The van der Waals surface area contributed by atoms with Gasteiger partial charge in [-0.05, 0) is 64.4 Å². The topological polar surface area (TPSA) is 88.6 Å². The summed E-state index contributed by atoms with van der Waals surface area (Å²) in [7, 11) is 1.61. The van der Waals surface area contributed by atoms with E-state index in [1.54, 1.807) is 19.4 Å². The van der Waals surface area contributed by atoms with E-state index in [2.05, 4.69) is 45.0 Å². The van der Waals surface area contributed by atoms with Gasteiger partial charge in [-0.25, -0.2) is 5.43 Å². The highest BCUT2D eigenvalue weighted by Gasteiger charge is 2.14. The van der Waals surface area contributed by atoms with E-state index >= 15 is 0 Å². The third-order valence-corrected chi connectivity index (χ3v) is 5.74. The van der Waals surface area contributed by atoms with Crippen LogP contribution < -0.4 is 14.9 Å². The van der Waals surface area contributed by atoms with E-state index in [-0.39, 0.29) is 0 Å². The minimum absolute atomic E-state index is 0.292. The molecule has 0 aliphatic rings. The SMILES string of the molecule is COc1ccc(/C=N/NC(=O)c2cc(-c3ccccc3OCc3cccc4ccccc34)n[nH]2)cc1. The molecule has 0 spiro atoms. The third kappa shape index (κ3) is 5.10. The lowest BCUT2D eigenvalue weighted by atomic mass is 10.1. The Hall–Kier alpha value is -4.91. The number of nitrogens with one attached hydrogen (secondary N) is 2. The summed E-state index contributed by atoms with van der Waals surface area (Å²) in [6.45, 7) is 0.413. The van der Waals surface area contributed by atoms with E-state index in [9.17, 15) is 4.79 Å². The summed E-state index contributed by atoms with van der Waals surface area (Å²) < 4.78 is 11.3. The van der Waals surface area contributed by atoms with E-state index < -0.39 is 5.91 Å². The number of aromatic amines is 1. The molecule has 2 N–H and O–H groups in total. The van der Waals surface area contributed by atoms with E-state index in [4.69, 9.17) is 9.47 Å². The highest BCUT2D eigenvalue weighted by molar-refractivity contribution is 5.94. The number of amides is 1. The number of carbonyl (C=O) groups is 1. The Morgan fingerprint density at radius 2 is 1.75 bits per heavy atom. The second-order valence-corrected chi connectivity index (χ2v) is 8.06. The number of carbonyl (C=O) groups excluding carboxylic acids is 1. The smallest absolute Gasteiger partial charge is 0.289 e. The molecule has 7 nitrogen and oxygen atoms in total. The van der Waals surface area contributed by atoms with Crippen molar-refractivity contribution in [2.75, 3.05) is 7.11 Å². The van der Waals surface area contributed by atoms with Crippen LogP contribution >= 0.6 is 0 Å². The molecule has 36 heavy (non-hydrogen) atoms. The predicted octanol–water partition coefficient (Wildman–Crippen LogP) is 5.58. The van der Waals surface area contributed by atoms with Crippen molar-refractivity contribution in [1.82, 2.24) is 15.6 Å². The van der Waals surface area contributed by atoms with Crippen LogP contribution in [-0.4, -0.2) is 29.4 Å². The van der Waals surface area contributed by atoms with Crippen LogP contribution in [0, 0.1) is 0 Å². The van der Waals surface area contributed by atoms with Crippen molar-refractivity contribution in [1.29, 1.82) is 0 Å². The van der Waals surface area contributed by atoms with E-state index in [1.165, 1.54) is 5.39 Å². The minimum atomic E-state index is -0.396. The van der Waals surface area contributed by atoms with Crippen LogP contribution in [0.1, 0.15) is 21.6 Å². The number of rotatable bonds is 8. The summed E-state index contributed by atoms with van der Waals surface area (Å²) in [6.07, 6.45) is 1.56. The standard InChI is InChI=1S/C29H24N4O3/c1-35-23-15-13-20(14-16-23)18-30-33-29(34)27-17-26(31-32-27)25-11-4-5-12-28(25)36-19-22-9-6-8-21-7-2-3-10-24(21)22/h2-18H,19H2,1H3,(H,31,32)(H,33,34)/b30-18+. The Morgan fingerprint density at radius 3 is 2.61 bits per heavy atom. The molecule has 0 radical (unpaired) electrons. The van der Waals surface area contributed by atoms with Crippen LogP contribution in [0.3, 0.4) is 0 Å². The van der Waals surface area contributed by atoms with Crippen molar-refractivity contribution < 1.29 is 14.3 Å². The first-order valence-electron chi connectivity index (χ1n) is 11.4. The van der Waals surface area contributed by atoms with Crippen LogP contribution in [0.2, 0.25) is 0 Å². The number of hydrogen-bond donors (Lipinski definition) is 2. The number of nitrogens with zero attached hydrogens (tertiary/aromatic N) is 2. The minimum Gasteiger partial charge on any atom is -0.497 e. The number of ether oxygens (including phenoxy) is 2. The number of fused-ring (bicyclic) bond motifs is 1. The molecule has 1 amide bonds. The average Bonchev–Trinajstić information content (AvgIpc) is 3.43. The van der Waals surface area contributed by atoms with Gasteiger partial charge in [-0.1, -0.05) is 54.6 Å². The fourth-order valence-electron chi connectivity index (χ4n) is 3.87. The van der Waals surface area contributed by atoms with Gasteiger partial charge in [0, 0.05) is 5.56 Å². The molecule has 0 bridgehead atoms. The molecular weight excluding hydrogens is 452 g/mol. The van der Waals surface area contributed by atoms with E-state index in [0.29, 0.717) is 23.7 Å². The molecule has 0 fully saturated rings. The first-order valence-corrected chi connectivity index (χ1v) is 11.4. The van der Waals surface area contributed by atoms with Crippen molar-refractivity contribution in [2.45, 2.75) is 6.61 Å². The number of H-pyrrole nitrogens is 1. The molecule has 1 aromatic heterocycles. The van der Waals surface area contributed by atoms with Gasteiger partial charge in [0.2, 0.25) is 0 Å². The van der Waals surface area contributed by atoms with Gasteiger partial charge in [-0.15, -0.1) is 0 Å². The van der Waals surface area contributed by atoms with Crippen LogP contribution in [-0.2, 0) is 6.61 Å². The van der Waals surface area contributed by atoms with Crippen LogP contribution in [0.4, 0.5) is 0 Å². The van der Waals surface area contributed by atoms with Gasteiger partial charge in [0.15, 0.2) is 0 Å². The van der Waals surface area contributed by atoms with E-state index in [1.807, 2.05) is 66.7 Å². The predicted molar refractivity (Wildman–Crippen MR) is 140 cm³/mol. The van der Waals surface area contributed by atoms with Gasteiger partial charge in [-0.2, -0.15) is 10.2 Å². The lowest BCUT2D eigenvalue weighted by Gasteiger charge is -2.12. The number of aromatic nitrogens is 2. The van der Waals surface area contributed by atoms with Gasteiger partial charge >= 0.3 is 0 Å². The van der Waals surface area contributed by atoms with Gasteiger partial charge in [0.05, 0.1) is 19.0 Å². The quantitative estimate of drug-likeness (QED) is 0.226. The summed E-state index contributed by atoms with van der Waals surface area (Å²) in [4.78, 5) is 12.6. The molecule has 0 atom stereocenters. The molecule has 4 aromatic carbocycles. The third-order valence-electron chi connectivity index (χ3n) is 5.74. The van der Waals surface area contributed by atoms with Crippen LogP contribution in [0.5, 0.6) is 11.5 Å². The Morgan fingerprint density at radius 1 is 0.972 bits per heavy atom. The molecular formula is C29H24N4O3. The summed E-state index contributed by atoms with van der Waals surface area (Å²) in [5.41, 5.74) is 6.13. The molecule has 0 aliphatic carbocycles. The Bertz CT molecular complexity index is 1520. The number of hydrazone groups is 1. The fourth-order valence-corrected chi connectivity index (χ4v) is 3.87. The van der Waals surface area contributed by atoms with Crippen molar-refractivity contribution in [3.8, 4) is 22.8 Å². The van der Waals surface area contributed by atoms with E-state index in [0.717, 1.165) is 27.8 Å². The van der Waals surface area contributed by atoms with Crippen molar-refractivity contribution in [3.05, 3.63) is 114 Å². The van der Waals surface area contributed by atoms with Crippen LogP contribution in [0.25, 0.3) is 22.0 Å². The van der Waals surface area contributed by atoms with Crippen LogP contribution in [0.15, 0.2) is 102 Å². The monoisotopic (exact) mass is 476 g/mol. The molecule has 0 saturated heterocycles. The Balaban J connectivity index is 1.28. The Labute approximate surface area is 208 Å². The molecule has 5 aromatic rings. The second kappa shape index (κ2) is 10.6. The molecule has 1 heterocycles. The zero-order chi connectivity index (χ0) is 24.7. The van der Waals surface area contributed by atoms with Gasteiger partial charge < -0.3 is 9.47 Å². The zero-order valence-electron chi connectivity index (χ0n) is 19.6. The second-order valence-electron chi connectivity index (χ2n) is 8.06. The lowest BCUT2D eigenvalue weighted by Crippen LogP contribution is -2.17.